The zero-order valence-electron chi connectivity index (χ0n) is 13.3. The number of anilines is 1. The third kappa shape index (κ3) is 4.07. The first-order valence-corrected chi connectivity index (χ1v) is 7.67. The second-order valence-corrected chi connectivity index (χ2v) is 5.54. The summed E-state index contributed by atoms with van der Waals surface area (Å²) in [6.45, 7) is 1.97. The van der Waals surface area contributed by atoms with Gasteiger partial charge < -0.3 is 9.73 Å². The number of carbonyl (C=O) groups excluding carboxylic acids is 1. The van der Waals surface area contributed by atoms with E-state index in [2.05, 4.69) is 10.3 Å². The van der Waals surface area contributed by atoms with Crippen LogP contribution >= 0.6 is 0 Å². The average molecular weight is 324 g/mol. The molecule has 5 heteroatoms. The highest BCUT2D eigenvalue weighted by molar-refractivity contribution is 5.90. The molecule has 0 aliphatic rings. The van der Waals surface area contributed by atoms with Gasteiger partial charge in [-0.1, -0.05) is 12.1 Å². The van der Waals surface area contributed by atoms with Gasteiger partial charge in [0.25, 0.3) is 0 Å². The van der Waals surface area contributed by atoms with Crippen LogP contribution in [0.1, 0.15) is 17.9 Å². The summed E-state index contributed by atoms with van der Waals surface area (Å²) < 4.78 is 18.5. The van der Waals surface area contributed by atoms with E-state index in [1.54, 1.807) is 18.3 Å². The summed E-state index contributed by atoms with van der Waals surface area (Å²) in [4.78, 5) is 16.2. The van der Waals surface area contributed by atoms with Gasteiger partial charge in [-0.25, -0.2) is 9.37 Å². The Balaban J connectivity index is 1.57. The summed E-state index contributed by atoms with van der Waals surface area (Å²) in [5.41, 5.74) is 2.61. The molecule has 1 heterocycles. The van der Waals surface area contributed by atoms with Crippen LogP contribution in [0.25, 0.3) is 11.3 Å². The molecule has 0 aliphatic carbocycles. The van der Waals surface area contributed by atoms with Crippen LogP contribution in [0, 0.1) is 12.7 Å². The van der Waals surface area contributed by atoms with Crippen molar-refractivity contribution >= 4 is 11.6 Å². The third-order valence-corrected chi connectivity index (χ3v) is 3.55. The van der Waals surface area contributed by atoms with Gasteiger partial charge in [0.15, 0.2) is 11.7 Å². The number of nitrogens with zero attached hydrogens (tertiary/aromatic N) is 1. The molecule has 0 saturated carbocycles. The average Bonchev–Trinajstić information content (AvgIpc) is 3.03. The molecule has 0 unspecified atom stereocenters. The van der Waals surface area contributed by atoms with E-state index < -0.39 is 0 Å². The van der Waals surface area contributed by atoms with Crippen molar-refractivity contribution in [2.45, 2.75) is 19.8 Å². The Labute approximate surface area is 139 Å². The molecule has 122 valence electrons. The number of benzene rings is 2. The van der Waals surface area contributed by atoms with Crippen molar-refractivity contribution in [3.05, 3.63) is 72.0 Å². The fourth-order valence-corrected chi connectivity index (χ4v) is 2.34. The van der Waals surface area contributed by atoms with Crippen LogP contribution in [0.4, 0.5) is 10.1 Å². The first-order chi connectivity index (χ1) is 11.6. The topological polar surface area (TPSA) is 55.1 Å². The van der Waals surface area contributed by atoms with Crippen molar-refractivity contribution in [1.29, 1.82) is 0 Å². The maximum Gasteiger partial charge on any atom is 0.224 e. The van der Waals surface area contributed by atoms with Gasteiger partial charge in [0.1, 0.15) is 5.82 Å². The van der Waals surface area contributed by atoms with Crippen molar-refractivity contribution in [1.82, 2.24) is 4.98 Å². The largest absolute Gasteiger partial charge is 0.441 e. The van der Waals surface area contributed by atoms with E-state index in [4.69, 9.17) is 4.42 Å². The Bertz CT molecular complexity index is 841. The molecule has 3 aromatic rings. The van der Waals surface area contributed by atoms with E-state index >= 15 is 0 Å². The Morgan fingerprint density at radius 1 is 1.21 bits per heavy atom. The molecule has 0 radical (unpaired) electrons. The second kappa shape index (κ2) is 7.08. The highest BCUT2D eigenvalue weighted by atomic mass is 19.1. The molecule has 0 aliphatic heterocycles. The number of aryl methyl sites for hydroxylation is 2. The molecule has 2 aromatic carbocycles. The zero-order valence-corrected chi connectivity index (χ0v) is 13.3. The zero-order chi connectivity index (χ0) is 16.9. The number of aromatic nitrogens is 1. The minimum atomic E-state index is -0.300. The highest BCUT2D eigenvalue weighted by Crippen LogP contribution is 2.21. The summed E-state index contributed by atoms with van der Waals surface area (Å²) in [6.07, 6.45) is 2.26. The van der Waals surface area contributed by atoms with Crippen LogP contribution in [0.15, 0.2) is 59.1 Å². The second-order valence-electron chi connectivity index (χ2n) is 5.54. The molecule has 0 fully saturated rings. The first kappa shape index (κ1) is 15.9. The SMILES string of the molecule is Cc1cccc(NC(=O)CCc2ncc(-c3ccc(F)cc3)o2)c1. The number of oxazole rings is 1. The Kier molecular flexibility index (Phi) is 4.70. The molecule has 1 amide bonds. The molecule has 0 atom stereocenters. The smallest absolute Gasteiger partial charge is 0.224 e. The lowest BCUT2D eigenvalue weighted by Gasteiger charge is -2.04. The summed E-state index contributed by atoms with van der Waals surface area (Å²) in [5, 5.41) is 2.85. The Morgan fingerprint density at radius 2 is 2.00 bits per heavy atom. The molecule has 1 N–H and O–H groups in total. The lowest BCUT2D eigenvalue weighted by molar-refractivity contribution is -0.116. The van der Waals surface area contributed by atoms with Gasteiger partial charge in [-0.15, -0.1) is 0 Å². The predicted octanol–water partition coefficient (Wildman–Crippen LogP) is 4.36. The van der Waals surface area contributed by atoms with Crippen LogP contribution in [-0.2, 0) is 11.2 Å². The van der Waals surface area contributed by atoms with Crippen molar-refractivity contribution in [3.63, 3.8) is 0 Å². The van der Waals surface area contributed by atoms with Crippen LogP contribution in [0.5, 0.6) is 0 Å². The van der Waals surface area contributed by atoms with E-state index in [1.807, 2.05) is 31.2 Å². The van der Waals surface area contributed by atoms with Crippen LogP contribution in [-0.4, -0.2) is 10.9 Å². The van der Waals surface area contributed by atoms with E-state index in [0.29, 0.717) is 18.1 Å². The van der Waals surface area contributed by atoms with Crippen molar-refractivity contribution in [2.75, 3.05) is 5.32 Å². The monoisotopic (exact) mass is 324 g/mol. The maximum atomic E-state index is 12.9. The molecule has 0 bridgehead atoms. The maximum absolute atomic E-state index is 12.9. The summed E-state index contributed by atoms with van der Waals surface area (Å²) >= 11 is 0. The number of hydrogen-bond donors (Lipinski definition) is 1. The normalized spacial score (nSPS) is 10.6. The molecular formula is C19H17FN2O2. The number of carbonyl (C=O) groups is 1. The Morgan fingerprint density at radius 3 is 2.75 bits per heavy atom. The standard InChI is InChI=1S/C19H17FN2O2/c1-13-3-2-4-16(11-13)22-18(23)9-10-19-21-12-17(24-19)14-5-7-15(20)8-6-14/h2-8,11-12H,9-10H2,1H3,(H,22,23). The predicted molar refractivity (Wildman–Crippen MR) is 90.0 cm³/mol. The van der Waals surface area contributed by atoms with E-state index in [-0.39, 0.29) is 18.1 Å². The number of rotatable bonds is 5. The fraction of sp³-hybridized carbons (Fsp3) is 0.158. The van der Waals surface area contributed by atoms with Crippen LogP contribution in [0.2, 0.25) is 0 Å². The first-order valence-electron chi connectivity index (χ1n) is 7.67. The molecule has 24 heavy (non-hydrogen) atoms. The Hall–Kier alpha value is -2.95. The minimum absolute atomic E-state index is 0.0952. The number of hydrogen-bond acceptors (Lipinski definition) is 3. The van der Waals surface area contributed by atoms with E-state index in [1.165, 1.54) is 12.1 Å². The van der Waals surface area contributed by atoms with Gasteiger partial charge in [-0.05, 0) is 48.9 Å². The lowest BCUT2D eigenvalue weighted by atomic mass is 10.2. The van der Waals surface area contributed by atoms with Crippen LogP contribution in [0.3, 0.4) is 0 Å². The summed E-state index contributed by atoms with van der Waals surface area (Å²) in [7, 11) is 0. The van der Waals surface area contributed by atoms with Crippen molar-refractivity contribution < 1.29 is 13.6 Å². The van der Waals surface area contributed by atoms with E-state index in [0.717, 1.165) is 16.8 Å². The minimum Gasteiger partial charge on any atom is -0.441 e. The summed E-state index contributed by atoms with van der Waals surface area (Å²) in [6, 6.07) is 13.6. The molecule has 3 rings (SSSR count). The van der Waals surface area contributed by atoms with Crippen molar-refractivity contribution in [3.8, 4) is 11.3 Å². The van der Waals surface area contributed by atoms with Gasteiger partial charge >= 0.3 is 0 Å². The molecule has 0 saturated heterocycles. The molecule has 0 spiro atoms. The number of nitrogens with one attached hydrogen (secondary N) is 1. The van der Waals surface area contributed by atoms with Crippen LogP contribution < -0.4 is 5.32 Å². The van der Waals surface area contributed by atoms with E-state index in [9.17, 15) is 9.18 Å². The fourth-order valence-electron chi connectivity index (χ4n) is 2.34. The summed E-state index contributed by atoms with van der Waals surface area (Å²) in [5.74, 6) is 0.645. The number of halogens is 1. The lowest BCUT2D eigenvalue weighted by Crippen LogP contribution is -2.12. The highest BCUT2D eigenvalue weighted by Gasteiger charge is 2.09. The van der Waals surface area contributed by atoms with Gasteiger partial charge in [-0.2, -0.15) is 0 Å². The van der Waals surface area contributed by atoms with Gasteiger partial charge in [-0.3, -0.25) is 4.79 Å². The third-order valence-electron chi connectivity index (χ3n) is 3.55. The van der Waals surface area contributed by atoms with Gasteiger partial charge in [0.05, 0.1) is 6.20 Å². The van der Waals surface area contributed by atoms with Gasteiger partial charge in [0, 0.05) is 24.1 Å². The van der Waals surface area contributed by atoms with Gasteiger partial charge in [0.2, 0.25) is 5.91 Å². The quantitative estimate of drug-likeness (QED) is 0.758. The van der Waals surface area contributed by atoms with Crippen molar-refractivity contribution in [2.24, 2.45) is 0 Å². The molecular weight excluding hydrogens is 307 g/mol. The molecule has 1 aromatic heterocycles. The molecule has 4 nitrogen and oxygen atoms in total. The number of amides is 1.